The van der Waals surface area contributed by atoms with Crippen LogP contribution in [0.2, 0.25) is 5.02 Å². The van der Waals surface area contributed by atoms with Crippen LogP contribution in [0.25, 0.3) is 0 Å². The molecule has 0 aliphatic heterocycles. The molecule has 116 valence electrons. The third kappa shape index (κ3) is 4.83. The minimum atomic E-state index is -0.439. The second kappa shape index (κ2) is 7.92. The molecule has 22 heavy (non-hydrogen) atoms. The molecule has 0 saturated carbocycles. The Morgan fingerprint density at radius 1 is 1.32 bits per heavy atom. The van der Waals surface area contributed by atoms with E-state index < -0.39 is 6.10 Å². The predicted molar refractivity (Wildman–Crippen MR) is 87.1 cm³/mol. The van der Waals surface area contributed by atoms with E-state index >= 15 is 0 Å². The summed E-state index contributed by atoms with van der Waals surface area (Å²) in [5.74, 6) is -0.224. The normalized spacial score (nSPS) is 13.4. The first-order chi connectivity index (χ1) is 10.6. The minimum Gasteiger partial charge on any atom is -0.393 e. The molecule has 0 saturated heterocycles. The van der Waals surface area contributed by atoms with E-state index in [1.807, 2.05) is 30.3 Å². The molecule has 1 heterocycles. The van der Waals surface area contributed by atoms with E-state index in [1.54, 1.807) is 13.0 Å². The number of amides is 1. The number of carbonyl (C=O) groups excluding carboxylic acids is 1. The number of pyridine rings is 1. The lowest BCUT2D eigenvalue weighted by Gasteiger charge is -2.19. The monoisotopic (exact) mass is 318 g/mol. The molecule has 4 nitrogen and oxygen atoms in total. The van der Waals surface area contributed by atoms with Gasteiger partial charge in [-0.1, -0.05) is 41.9 Å². The SMILES string of the molecule is CC(O)CC(CNC(=O)c1cc(Cl)ccn1)c1ccccc1. The number of benzene rings is 1. The second-order valence-electron chi connectivity index (χ2n) is 5.26. The van der Waals surface area contributed by atoms with Crippen LogP contribution in [0.3, 0.4) is 0 Å². The van der Waals surface area contributed by atoms with Gasteiger partial charge in [0.2, 0.25) is 0 Å². The van der Waals surface area contributed by atoms with Gasteiger partial charge in [0.05, 0.1) is 6.10 Å². The summed E-state index contributed by atoms with van der Waals surface area (Å²) >= 11 is 5.86. The van der Waals surface area contributed by atoms with Gasteiger partial charge in [-0.3, -0.25) is 9.78 Å². The summed E-state index contributed by atoms with van der Waals surface area (Å²) < 4.78 is 0. The first-order valence-electron chi connectivity index (χ1n) is 7.19. The maximum atomic E-state index is 12.1. The molecule has 2 aromatic rings. The summed E-state index contributed by atoms with van der Waals surface area (Å²) in [6, 6.07) is 13.0. The Morgan fingerprint density at radius 2 is 2.05 bits per heavy atom. The number of carbonyl (C=O) groups is 1. The van der Waals surface area contributed by atoms with Gasteiger partial charge in [0.1, 0.15) is 5.69 Å². The van der Waals surface area contributed by atoms with Crippen LogP contribution in [0, 0.1) is 0 Å². The topological polar surface area (TPSA) is 62.2 Å². The van der Waals surface area contributed by atoms with E-state index in [0.717, 1.165) is 5.56 Å². The Morgan fingerprint density at radius 3 is 2.68 bits per heavy atom. The van der Waals surface area contributed by atoms with Crippen LogP contribution in [0.4, 0.5) is 0 Å². The van der Waals surface area contributed by atoms with Crippen molar-refractivity contribution in [2.45, 2.75) is 25.4 Å². The van der Waals surface area contributed by atoms with E-state index in [1.165, 1.54) is 12.3 Å². The molecule has 0 radical (unpaired) electrons. The summed E-state index contributed by atoms with van der Waals surface area (Å²) in [5, 5.41) is 13.0. The van der Waals surface area contributed by atoms with Gasteiger partial charge in [-0.25, -0.2) is 0 Å². The fourth-order valence-corrected chi connectivity index (χ4v) is 2.47. The molecule has 0 aliphatic carbocycles. The largest absolute Gasteiger partial charge is 0.393 e. The number of hydrogen-bond acceptors (Lipinski definition) is 3. The van der Waals surface area contributed by atoms with Gasteiger partial charge >= 0.3 is 0 Å². The molecule has 0 fully saturated rings. The molecule has 2 unspecified atom stereocenters. The fraction of sp³-hybridized carbons (Fsp3) is 0.294. The number of aliphatic hydroxyl groups is 1. The molecule has 5 heteroatoms. The van der Waals surface area contributed by atoms with Gasteiger partial charge in [-0.15, -0.1) is 0 Å². The summed E-state index contributed by atoms with van der Waals surface area (Å²) in [6.45, 7) is 2.18. The lowest BCUT2D eigenvalue weighted by molar-refractivity contribution is 0.0940. The highest BCUT2D eigenvalue weighted by Crippen LogP contribution is 2.20. The number of aromatic nitrogens is 1. The fourth-order valence-electron chi connectivity index (χ4n) is 2.31. The van der Waals surface area contributed by atoms with Crippen LogP contribution in [0.15, 0.2) is 48.7 Å². The van der Waals surface area contributed by atoms with Crippen molar-refractivity contribution in [3.05, 3.63) is 64.9 Å². The maximum absolute atomic E-state index is 12.1. The summed E-state index contributed by atoms with van der Waals surface area (Å²) in [7, 11) is 0. The highest BCUT2D eigenvalue weighted by molar-refractivity contribution is 6.30. The van der Waals surface area contributed by atoms with Gasteiger partial charge < -0.3 is 10.4 Å². The maximum Gasteiger partial charge on any atom is 0.269 e. The van der Waals surface area contributed by atoms with Gasteiger partial charge in [0.25, 0.3) is 5.91 Å². The Labute approximate surface area is 135 Å². The molecule has 0 bridgehead atoms. The molecule has 2 N–H and O–H groups in total. The first kappa shape index (κ1) is 16.5. The number of rotatable bonds is 6. The van der Waals surface area contributed by atoms with Crippen LogP contribution < -0.4 is 5.32 Å². The third-order valence-corrected chi connectivity index (χ3v) is 3.60. The first-order valence-corrected chi connectivity index (χ1v) is 7.57. The number of halogens is 1. The highest BCUT2D eigenvalue weighted by Gasteiger charge is 2.16. The standard InChI is InChI=1S/C17H19ClN2O2/c1-12(21)9-14(13-5-3-2-4-6-13)11-20-17(22)16-10-15(18)7-8-19-16/h2-8,10,12,14,21H,9,11H2,1H3,(H,20,22). The Bertz CT molecular complexity index is 617. The average molecular weight is 319 g/mol. The van der Waals surface area contributed by atoms with Gasteiger partial charge in [-0.2, -0.15) is 0 Å². The van der Waals surface area contributed by atoms with Crippen LogP contribution in [0.5, 0.6) is 0 Å². The smallest absolute Gasteiger partial charge is 0.269 e. The molecule has 2 atom stereocenters. The van der Waals surface area contributed by atoms with E-state index in [9.17, 15) is 9.90 Å². The zero-order valence-electron chi connectivity index (χ0n) is 12.4. The zero-order valence-corrected chi connectivity index (χ0v) is 13.1. The van der Waals surface area contributed by atoms with Crippen molar-refractivity contribution in [1.82, 2.24) is 10.3 Å². The molecule has 1 aromatic heterocycles. The Balaban J connectivity index is 2.03. The Kier molecular flexibility index (Phi) is 5.92. The molecular weight excluding hydrogens is 300 g/mol. The van der Waals surface area contributed by atoms with Crippen molar-refractivity contribution < 1.29 is 9.90 Å². The van der Waals surface area contributed by atoms with Crippen LogP contribution in [0.1, 0.15) is 35.3 Å². The summed E-state index contributed by atoms with van der Waals surface area (Å²) in [6.07, 6.45) is 1.64. The average Bonchev–Trinajstić information content (AvgIpc) is 2.51. The highest BCUT2D eigenvalue weighted by atomic mass is 35.5. The second-order valence-corrected chi connectivity index (χ2v) is 5.70. The van der Waals surface area contributed by atoms with Crippen molar-refractivity contribution in [2.75, 3.05) is 6.54 Å². The quantitative estimate of drug-likeness (QED) is 0.860. The van der Waals surface area contributed by atoms with Crippen LogP contribution in [-0.4, -0.2) is 28.6 Å². The van der Waals surface area contributed by atoms with Gasteiger partial charge in [-0.05, 0) is 31.0 Å². The number of nitrogens with zero attached hydrogens (tertiary/aromatic N) is 1. The zero-order chi connectivity index (χ0) is 15.9. The molecule has 1 amide bonds. The number of aliphatic hydroxyl groups excluding tert-OH is 1. The summed E-state index contributed by atoms with van der Waals surface area (Å²) in [4.78, 5) is 16.1. The molecule has 1 aromatic carbocycles. The van der Waals surface area contributed by atoms with E-state index in [4.69, 9.17) is 11.6 Å². The molecule has 0 spiro atoms. The van der Waals surface area contributed by atoms with Crippen molar-refractivity contribution in [1.29, 1.82) is 0 Å². The van der Waals surface area contributed by atoms with Crippen molar-refractivity contribution in [2.24, 2.45) is 0 Å². The number of nitrogens with one attached hydrogen (secondary N) is 1. The number of hydrogen-bond donors (Lipinski definition) is 2. The van der Waals surface area contributed by atoms with Crippen molar-refractivity contribution in [3.63, 3.8) is 0 Å². The molecule has 0 aliphatic rings. The predicted octanol–water partition coefficient (Wildman–Crippen LogP) is 3.02. The van der Waals surface area contributed by atoms with E-state index in [2.05, 4.69) is 10.3 Å². The van der Waals surface area contributed by atoms with Gasteiger partial charge in [0, 0.05) is 23.7 Å². The van der Waals surface area contributed by atoms with Gasteiger partial charge in [0.15, 0.2) is 0 Å². The van der Waals surface area contributed by atoms with E-state index in [0.29, 0.717) is 18.0 Å². The van der Waals surface area contributed by atoms with Crippen molar-refractivity contribution >= 4 is 17.5 Å². The molecular formula is C17H19ClN2O2. The van der Waals surface area contributed by atoms with Crippen LogP contribution >= 0.6 is 11.6 Å². The minimum absolute atomic E-state index is 0.0457. The van der Waals surface area contributed by atoms with Crippen LogP contribution in [-0.2, 0) is 0 Å². The lowest BCUT2D eigenvalue weighted by atomic mass is 9.93. The molecule has 2 rings (SSSR count). The summed E-state index contributed by atoms with van der Waals surface area (Å²) in [5.41, 5.74) is 1.37. The van der Waals surface area contributed by atoms with E-state index in [-0.39, 0.29) is 17.5 Å². The lowest BCUT2D eigenvalue weighted by Crippen LogP contribution is -2.30. The third-order valence-electron chi connectivity index (χ3n) is 3.36. The Hall–Kier alpha value is -1.91. The van der Waals surface area contributed by atoms with Crippen molar-refractivity contribution in [3.8, 4) is 0 Å².